The average Bonchev–Trinajstić information content (AvgIpc) is 1.83. The van der Waals surface area contributed by atoms with Crippen LogP contribution < -0.4 is 0 Å². The summed E-state index contributed by atoms with van der Waals surface area (Å²) in [5.41, 5.74) is -0.0763. The van der Waals surface area contributed by atoms with E-state index in [1.165, 1.54) is 7.11 Å². The molecule has 0 heterocycles. The van der Waals surface area contributed by atoms with Crippen LogP contribution >= 0.6 is 15.9 Å². The Balaban J connectivity index is 4.08. The summed E-state index contributed by atoms with van der Waals surface area (Å²) in [5.74, 6) is -0.215. The van der Waals surface area contributed by atoms with E-state index in [4.69, 9.17) is 0 Å². The summed E-state index contributed by atoms with van der Waals surface area (Å²) in [7, 11) is 1.39. The number of carbonyl (C=O) groups is 1. The van der Waals surface area contributed by atoms with E-state index in [1.807, 2.05) is 20.8 Å². The van der Waals surface area contributed by atoms with Gasteiger partial charge in [-0.1, -0.05) is 36.7 Å². The second-order valence-corrected chi connectivity index (χ2v) is 4.17. The lowest BCUT2D eigenvalue weighted by atomic mass is 9.92. The van der Waals surface area contributed by atoms with Gasteiger partial charge in [-0.05, 0) is 5.41 Å². The van der Waals surface area contributed by atoms with Crippen LogP contribution in [0.4, 0.5) is 0 Å². The molecule has 0 aromatic carbocycles. The molecule has 60 valence electrons. The minimum Gasteiger partial charge on any atom is -0.468 e. The van der Waals surface area contributed by atoms with E-state index in [0.717, 1.165) is 0 Å². The first-order chi connectivity index (χ1) is 4.39. The Morgan fingerprint density at radius 2 is 1.90 bits per heavy atom. The van der Waals surface area contributed by atoms with Crippen LogP contribution in [0.2, 0.25) is 0 Å². The maximum atomic E-state index is 10.9. The molecule has 0 aliphatic carbocycles. The average molecular weight is 209 g/mol. The van der Waals surface area contributed by atoms with Crippen molar-refractivity contribution in [3.05, 3.63) is 0 Å². The Labute approximate surface area is 70.1 Å². The topological polar surface area (TPSA) is 26.3 Å². The number of carbonyl (C=O) groups excluding carboxylic acids is 1. The Morgan fingerprint density at radius 3 is 2.00 bits per heavy atom. The van der Waals surface area contributed by atoms with Crippen LogP contribution in [0.25, 0.3) is 0 Å². The molecule has 1 unspecified atom stereocenters. The van der Waals surface area contributed by atoms with Gasteiger partial charge in [0.25, 0.3) is 0 Å². The molecule has 0 saturated heterocycles. The van der Waals surface area contributed by atoms with Crippen LogP contribution in [0.15, 0.2) is 0 Å². The second kappa shape index (κ2) is 3.37. The SMILES string of the molecule is COC(=O)C(Br)C(C)(C)C. The molecule has 0 aromatic rings. The van der Waals surface area contributed by atoms with Gasteiger partial charge >= 0.3 is 5.97 Å². The van der Waals surface area contributed by atoms with E-state index in [9.17, 15) is 4.79 Å². The van der Waals surface area contributed by atoms with E-state index in [-0.39, 0.29) is 16.2 Å². The molecular weight excluding hydrogens is 196 g/mol. The lowest BCUT2D eigenvalue weighted by Crippen LogP contribution is -2.29. The Kier molecular flexibility index (Phi) is 3.36. The minimum atomic E-state index is -0.218. The van der Waals surface area contributed by atoms with Gasteiger partial charge in [-0.3, -0.25) is 4.79 Å². The third-order valence-electron chi connectivity index (χ3n) is 1.17. The maximum Gasteiger partial charge on any atom is 0.319 e. The monoisotopic (exact) mass is 208 g/mol. The molecule has 0 fully saturated rings. The summed E-state index contributed by atoms with van der Waals surface area (Å²) in [6.45, 7) is 5.93. The third-order valence-corrected chi connectivity index (χ3v) is 2.92. The van der Waals surface area contributed by atoms with Gasteiger partial charge in [0.15, 0.2) is 0 Å². The van der Waals surface area contributed by atoms with Gasteiger partial charge in [0, 0.05) is 0 Å². The van der Waals surface area contributed by atoms with E-state index < -0.39 is 0 Å². The molecule has 1 atom stereocenters. The number of rotatable bonds is 1. The van der Waals surface area contributed by atoms with Crippen LogP contribution in [-0.2, 0) is 9.53 Å². The summed E-state index contributed by atoms with van der Waals surface area (Å²) in [6, 6.07) is 0. The van der Waals surface area contributed by atoms with Gasteiger partial charge in [0.05, 0.1) is 7.11 Å². The predicted octanol–water partition coefficient (Wildman–Crippen LogP) is 1.97. The van der Waals surface area contributed by atoms with Gasteiger partial charge in [0.2, 0.25) is 0 Å². The molecule has 0 spiro atoms. The summed E-state index contributed by atoms with van der Waals surface area (Å²) in [6.07, 6.45) is 0. The number of methoxy groups -OCH3 is 1. The number of halogens is 1. The van der Waals surface area contributed by atoms with Gasteiger partial charge in [0.1, 0.15) is 4.83 Å². The minimum absolute atomic E-state index is 0.0763. The first-order valence-corrected chi connectivity index (χ1v) is 4.03. The van der Waals surface area contributed by atoms with Crippen LogP contribution in [-0.4, -0.2) is 17.9 Å². The Morgan fingerprint density at radius 1 is 1.50 bits per heavy atom. The zero-order valence-electron chi connectivity index (χ0n) is 6.77. The van der Waals surface area contributed by atoms with Crippen molar-refractivity contribution in [2.75, 3.05) is 7.11 Å². The zero-order chi connectivity index (χ0) is 8.36. The van der Waals surface area contributed by atoms with Crippen molar-refractivity contribution in [1.29, 1.82) is 0 Å². The largest absolute Gasteiger partial charge is 0.468 e. The van der Waals surface area contributed by atoms with Crippen molar-refractivity contribution in [2.45, 2.75) is 25.6 Å². The molecule has 0 rings (SSSR count). The highest BCUT2D eigenvalue weighted by molar-refractivity contribution is 9.10. The smallest absolute Gasteiger partial charge is 0.319 e. The Bertz CT molecular complexity index is 126. The molecule has 2 nitrogen and oxygen atoms in total. The summed E-state index contributed by atoms with van der Waals surface area (Å²) in [5, 5.41) is 0. The maximum absolute atomic E-state index is 10.9. The first kappa shape index (κ1) is 9.95. The lowest BCUT2D eigenvalue weighted by Gasteiger charge is -2.22. The van der Waals surface area contributed by atoms with Crippen LogP contribution in [0.3, 0.4) is 0 Å². The third kappa shape index (κ3) is 2.69. The number of hydrogen-bond donors (Lipinski definition) is 0. The van der Waals surface area contributed by atoms with Crippen LogP contribution in [0.1, 0.15) is 20.8 Å². The number of alkyl halides is 1. The molecule has 3 heteroatoms. The molecule has 0 amide bonds. The lowest BCUT2D eigenvalue weighted by molar-refractivity contribution is -0.141. The van der Waals surface area contributed by atoms with E-state index in [0.29, 0.717) is 0 Å². The normalized spacial score (nSPS) is 14.5. The molecule has 0 saturated carbocycles. The van der Waals surface area contributed by atoms with Crippen molar-refractivity contribution < 1.29 is 9.53 Å². The van der Waals surface area contributed by atoms with E-state index >= 15 is 0 Å². The van der Waals surface area contributed by atoms with Gasteiger partial charge < -0.3 is 4.74 Å². The van der Waals surface area contributed by atoms with Crippen molar-refractivity contribution in [3.63, 3.8) is 0 Å². The standard InChI is InChI=1S/C7H13BrO2/c1-7(2,3)5(8)6(9)10-4/h5H,1-4H3. The highest BCUT2D eigenvalue weighted by Crippen LogP contribution is 2.26. The van der Waals surface area contributed by atoms with Crippen molar-refractivity contribution >= 4 is 21.9 Å². The van der Waals surface area contributed by atoms with Gasteiger partial charge in [-0.25, -0.2) is 0 Å². The first-order valence-electron chi connectivity index (χ1n) is 3.11. The summed E-state index contributed by atoms with van der Waals surface area (Å²) < 4.78 is 4.55. The molecule has 0 aliphatic rings. The number of ether oxygens (including phenoxy) is 1. The van der Waals surface area contributed by atoms with Crippen LogP contribution in [0, 0.1) is 5.41 Å². The predicted molar refractivity (Wildman–Crippen MR) is 44.2 cm³/mol. The van der Waals surface area contributed by atoms with Gasteiger partial charge in [-0.2, -0.15) is 0 Å². The van der Waals surface area contributed by atoms with Gasteiger partial charge in [-0.15, -0.1) is 0 Å². The molecule has 0 radical (unpaired) electrons. The zero-order valence-corrected chi connectivity index (χ0v) is 8.36. The molecule has 10 heavy (non-hydrogen) atoms. The quantitative estimate of drug-likeness (QED) is 0.487. The Hall–Kier alpha value is -0.0500. The molecular formula is C7H13BrO2. The number of esters is 1. The molecule has 0 aromatic heterocycles. The molecule has 0 N–H and O–H groups in total. The van der Waals surface area contributed by atoms with Crippen LogP contribution in [0.5, 0.6) is 0 Å². The summed E-state index contributed by atoms with van der Waals surface area (Å²) in [4.78, 5) is 10.7. The van der Waals surface area contributed by atoms with Crippen molar-refractivity contribution in [2.24, 2.45) is 5.41 Å². The molecule has 0 bridgehead atoms. The van der Waals surface area contributed by atoms with Crippen molar-refractivity contribution in [1.82, 2.24) is 0 Å². The second-order valence-electron chi connectivity index (χ2n) is 3.25. The number of hydrogen-bond acceptors (Lipinski definition) is 2. The fourth-order valence-electron chi connectivity index (χ4n) is 0.457. The highest BCUT2D eigenvalue weighted by atomic mass is 79.9. The fraction of sp³-hybridized carbons (Fsp3) is 0.857. The van der Waals surface area contributed by atoms with E-state index in [2.05, 4.69) is 20.7 Å². The summed E-state index contributed by atoms with van der Waals surface area (Å²) >= 11 is 3.25. The molecule has 0 aliphatic heterocycles. The fourth-order valence-corrected chi connectivity index (χ4v) is 0.644. The highest BCUT2D eigenvalue weighted by Gasteiger charge is 2.29. The van der Waals surface area contributed by atoms with Crippen molar-refractivity contribution in [3.8, 4) is 0 Å². The van der Waals surface area contributed by atoms with E-state index in [1.54, 1.807) is 0 Å².